The van der Waals surface area contributed by atoms with Crippen molar-refractivity contribution in [1.82, 2.24) is 9.88 Å². The van der Waals surface area contributed by atoms with Crippen molar-refractivity contribution in [3.63, 3.8) is 0 Å². The van der Waals surface area contributed by atoms with E-state index in [1.54, 1.807) is 6.20 Å². The summed E-state index contributed by atoms with van der Waals surface area (Å²) in [5.74, 6) is -0.423. The number of hydrogen-bond acceptors (Lipinski definition) is 7. The Balaban J connectivity index is 1.45. The van der Waals surface area contributed by atoms with E-state index in [0.717, 1.165) is 26.1 Å². The van der Waals surface area contributed by atoms with Gasteiger partial charge in [0.1, 0.15) is 5.82 Å². The van der Waals surface area contributed by atoms with Gasteiger partial charge in [0, 0.05) is 44.2 Å². The van der Waals surface area contributed by atoms with Crippen molar-refractivity contribution in [2.24, 2.45) is 0 Å². The monoisotopic (exact) mass is 387 g/mol. The second-order valence-electron chi connectivity index (χ2n) is 6.72. The van der Waals surface area contributed by atoms with Crippen molar-refractivity contribution in [3.8, 4) is 0 Å². The number of nitrogens with zero attached hydrogens (tertiary/aromatic N) is 4. The summed E-state index contributed by atoms with van der Waals surface area (Å²) >= 11 is 0. The lowest BCUT2D eigenvalue weighted by Crippen LogP contribution is -2.46. The number of carbonyl (C=O) groups is 1. The molecule has 0 bridgehead atoms. The first-order valence-electron chi connectivity index (χ1n) is 9.10. The Labute approximate surface area is 161 Å². The Morgan fingerprint density at radius 2 is 1.89 bits per heavy atom. The largest absolute Gasteiger partial charge is 0.378 e. The quantitative estimate of drug-likeness (QED) is 0.442. The summed E-state index contributed by atoms with van der Waals surface area (Å²) in [4.78, 5) is 30.8. The highest BCUT2D eigenvalue weighted by molar-refractivity contribution is 5.95. The molecule has 2 aromatic rings. The molecule has 9 heteroatoms. The second kappa shape index (κ2) is 8.75. The number of rotatable bonds is 7. The van der Waals surface area contributed by atoms with Crippen LogP contribution in [0.2, 0.25) is 0 Å². The predicted octanol–water partition coefficient (Wildman–Crippen LogP) is 2.50. The van der Waals surface area contributed by atoms with Crippen molar-refractivity contribution in [2.45, 2.75) is 12.8 Å². The molecular formula is C19H22FN5O3. The zero-order valence-corrected chi connectivity index (χ0v) is 15.4. The minimum Gasteiger partial charge on any atom is -0.378 e. The Morgan fingerprint density at radius 1 is 1.21 bits per heavy atom. The van der Waals surface area contributed by atoms with Crippen LogP contribution in [0, 0.1) is 15.9 Å². The number of Topliss-reactive ketones (excluding diaryl/α,β-unsaturated/α-hetero) is 1. The van der Waals surface area contributed by atoms with E-state index in [-0.39, 0.29) is 23.1 Å². The SMILES string of the molecule is Nc1ncc(N2CCN(CCCC(=O)c3ccc(F)cc3)CC2)cc1[N+](=O)[O-]. The predicted molar refractivity (Wildman–Crippen MR) is 104 cm³/mol. The normalized spacial score (nSPS) is 14.8. The maximum atomic E-state index is 12.9. The molecule has 148 valence electrons. The van der Waals surface area contributed by atoms with Gasteiger partial charge in [0.25, 0.3) is 0 Å². The van der Waals surface area contributed by atoms with Crippen LogP contribution in [0.5, 0.6) is 0 Å². The molecule has 0 amide bonds. The number of aromatic nitrogens is 1. The van der Waals surface area contributed by atoms with E-state index in [0.29, 0.717) is 30.8 Å². The van der Waals surface area contributed by atoms with Crippen LogP contribution in [-0.4, -0.2) is 53.3 Å². The average Bonchev–Trinajstić information content (AvgIpc) is 2.69. The fourth-order valence-corrected chi connectivity index (χ4v) is 3.25. The smallest absolute Gasteiger partial charge is 0.313 e. The number of nitrogens with two attached hydrogens (primary N) is 1. The molecule has 1 fully saturated rings. The topological polar surface area (TPSA) is 106 Å². The van der Waals surface area contributed by atoms with E-state index >= 15 is 0 Å². The van der Waals surface area contributed by atoms with Crippen molar-refractivity contribution >= 4 is 23.0 Å². The molecular weight excluding hydrogens is 365 g/mol. The molecule has 0 spiro atoms. The summed E-state index contributed by atoms with van der Waals surface area (Å²) < 4.78 is 12.9. The highest BCUT2D eigenvalue weighted by atomic mass is 19.1. The van der Waals surface area contributed by atoms with Gasteiger partial charge in [0.05, 0.1) is 16.8 Å². The highest BCUT2D eigenvalue weighted by Crippen LogP contribution is 2.25. The van der Waals surface area contributed by atoms with Gasteiger partial charge in [0.15, 0.2) is 5.78 Å². The van der Waals surface area contributed by atoms with Gasteiger partial charge in [-0.3, -0.25) is 19.8 Å². The van der Waals surface area contributed by atoms with Gasteiger partial charge in [0.2, 0.25) is 5.82 Å². The van der Waals surface area contributed by atoms with Crippen LogP contribution in [0.1, 0.15) is 23.2 Å². The van der Waals surface area contributed by atoms with Crippen LogP contribution in [-0.2, 0) is 0 Å². The molecule has 3 rings (SSSR count). The highest BCUT2D eigenvalue weighted by Gasteiger charge is 2.21. The van der Waals surface area contributed by atoms with Gasteiger partial charge in [-0.05, 0) is 37.2 Å². The van der Waals surface area contributed by atoms with Crippen LogP contribution in [0.3, 0.4) is 0 Å². The molecule has 0 unspecified atom stereocenters. The molecule has 2 heterocycles. The molecule has 0 saturated carbocycles. The first-order chi connectivity index (χ1) is 13.4. The number of pyridine rings is 1. The molecule has 1 aromatic carbocycles. The fourth-order valence-electron chi connectivity index (χ4n) is 3.25. The number of benzene rings is 1. The van der Waals surface area contributed by atoms with Crippen molar-refractivity contribution in [3.05, 3.63) is 58.0 Å². The van der Waals surface area contributed by atoms with E-state index < -0.39 is 4.92 Å². The number of nitrogen functional groups attached to an aromatic ring is 1. The molecule has 0 aliphatic carbocycles. The van der Waals surface area contributed by atoms with E-state index in [1.165, 1.54) is 30.3 Å². The van der Waals surface area contributed by atoms with Gasteiger partial charge < -0.3 is 10.6 Å². The number of carbonyl (C=O) groups excluding carboxylic acids is 1. The number of piperazine rings is 1. The van der Waals surface area contributed by atoms with E-state index in [9.17, 15) is 19.3 Å². The summed E-state index contributed by atoms with van der Waals surface area (Å²) in [6, 6.07) is 7.07. The first-order valence-corrected chi connectivity index (χ1v) is 9.10. The van der Waals surface area contributed by atoms with Gasteiger partial charge in [-0.25, -0.2) is 9.37 Å². The standard InChI is InChI=1S/C19H22FN5O3/c20-15-5-3-14(4-6-15)18(26)2-1-7-23-8-10-24(11-9-23)16-12-17(25(27)28)19(21)22-13-16/h3-6,12-13H,1-2,7-11H2,(H2,21,22). The lowest BCUT2D eigenvalue weighted by Gasteiger charge is -2.35. The van der Waals surface area contributed by atoms with Crippen LogP contribution < -0.4 is 10.6 Å². The van der Waals surface area contributed by atoms with Crippen molar-refractivity contribution < 1.29 is 14.1 Å². The summed E-state index contributed by atoms with van der Waals surface area (Å²) in [7, 11) is 0. The Kier molecular flexibility index (Phi) is 6.15. The lowest BCUT2D eigenvalue weighted by molar-refractivity contribution is -0.384. The number of anilines is 2. The zero-order chi connectivity index (χ0) is 20.1. The molecule has 28 heavy (non-hydrogen) atoms. The zero-order valence-electron chi connectivity index (χ0n) is 15.4. The summed E-state index contributed by atoms with van der Waals surface area (Å²) in [5, 5.41) is 11.0. The first kappa shape index (κ1) is 19.7. The molecule has 2 N–H and O–H groups in total. The molecule has 1 aromatic heterocycles. The second-order valence-corrected chi connectivity index (χ2v) is 6.72. The summed E-state index contributed by atoms with van der Waals surface area (Å²) in [6.45, 7) is 3.82. The number of ketones is 1. The number of nitro groups is 1. The summed E-state index contributed by atoms with van der Waals surface area (Å²) in [5.41, 5.74) is 6.58. The van der Waals surface area contributed by atoms with E-state index in [4.69, 9.17) is 5.73 Å². The van der Waals surface area contributed by atoms with Gasteiger partial charge in [-0.1, -0.05) is 0 Å². The average molecular weight is 387 g/mol. The van der Waals surface area contributed by atoms with Crippen molar-refractivity contribution in [1.29, 1.82) is 0 Å². The fraction of sp³-hybridized carbons (Fsp3) is 0.368. The lowest BCUT2D eigenvalue weighted by atomic mass is 10.1. The number of halogens is 1. The maximum absolute atomic E-state index is 12.9. The van der Waals surface area contributed by atoms with E-state index in [1.807, 2.05) is 4.90 Å². The van der Waals surface area contributed by atoms with Gasteiger partial charge in [-0.2, -0.15) is 0 Å². The van der Waals surface area contributed by atoms with Crippen LogP contribution in [0.15, 0.2) is 36.5 Å². The molecule has 8 nitrogen and oxygen atoms in total. The third kappa shape index (κ3) is 4.80. The van der Waals surface area contributed by atoms with Crippen molar-refractivity contribution in [2.75, 3.05) is 43.4 Å². The number of hydrogen-bond donors (Lipinski definition) is 1. The van der Waals surface area contributed by atoms with Crippen LogP contribution >= 0.6 is 0 Å². The third-order valence-electron chi connectivity index (χ3n) is 4.86. The maximum Gasteiger partial charge on any atom is 0.313 e. The van der Waals surface area contributed by atoms with Crippen LogP contribution in [0.25, 0.3) is 0 Å². The minimum absolute atomic E-state index is 0.0129. The minimum atomic E-state index is -0.528. The van der Waals surface area contributed by atoms with Gasteiger partial charge in [-0.15, -0.1) is 0 Å². The summed E-state index contributed by atoms with van der Waals surface area (Å²) in [6.07, 6.45) is 2.70. The van der Waals surface area contributed by atoms with Gasteiger partial charge >= 0.3 is 5.69 Å². The molecule has 1 aliphatic heterocycles. The Bertz CT molecular complexity index is 851. The van der Waals surface area contributed by atoms with E-state index in [2.05, 4.69) is 9.88 Å². The molecule has 0 radical (unpaired) electrons. The van der Waals surface area contributed by atoms with Crippen LogP contribution in [0.4, 0.5) is 21.6 Å². The molecule has 0 atom stereocenters. The molecule has 1 saturated heterocycles. The Hall–Kier alpha value is -3.07. The third-order valence-corrected chi connectivity index (χ3v) is 4.86. The molecule has 1 aliphatic rings. The Morgan fingerprint density at radius 3 is 2.54 bits per heavy atom.